The lowest BCUT2D eigenvalue weighted by molar-refractivity contribution is 0.103. The molecule has 102 valence electrons. The zero-order chi connectivity index (χ0) is 14.1. The largest absolute Gasteiger partial charge is 0.493 e. The van der Waals surface area contributed by atoms with Crippen LogP contribution in [0.5, 0.6) is 5.75 Å². The van der Waals surface area contributed by atoms with Gasteiger partial charge in [0, 0.05) is 0 Å². The van der Waals surface area contributed by atoms with Gasteiger partial charge in [0.25, 0.3) is 0 Å². The lowest BCUT2D eigenvalue weighted by Crippen LogP contribution is -2.14. The molecule has 0 saturated heterocycles. The van der Waals surface area contributed by atoms with Gasteiger partial charge in [0.15, 0.2) is 11.6 Å². The summed E-state index contributed by atoms with van der Waals surface area (Å²) in [6, 6.07) is 9.81. The van der Waals surface area contributed by atoms with Crippen LogP contribution in [0.25, 0.3) is 0 Å². The number of aryl methyl sites for hydroxylation is 1. The highest BCUT2D eigenvalue weighted by Crippen LogP contribution is 2.31. The molecule has 1 aliphatic heterocycles. The number of fused-ring (bicyclic) bond motifs is 1. The van der Waals surface area contributed by atoms with Crippen LogP contribution >= 0.6 is 11.6 Å². The summed E-state index contributed by atoms with van der Waals surface area (Å²) in [7, 11) is 0. The van der Waals surface area contributed by atoms with Crippen LogP contribution in [0.3, 0.4) is 0 Å². The minimum absolute atomic E-state index is 0.0277. The lowest BCUT2D eigenvalue weighted by Gasteiger charge is -2.19. The van der Waals surface area contributed by atoms with Gasteiger partial charge in [-0.1, -0.05) is 29.8 Å². The van der Waals surface area contributed by atoms with E-state index in [4.69, 9.17) is 16.3 Å². The van der Waals surface area contributed by atoms with Crippen molar-refractivity contribution in [3.63, 3.8) is 0 Å². The quantitative estimate of drug-likeness (QED) is 0.781. The van der Waals surface area contributed by atoms with E-state index in [-0.39, 0.29) is 10.6 Å². The first-order valence-electron chi connectivity index (χ1n) is 6.42. The molecule has 1 heterocycles. The molecule has 0 amide bonds. The molecule has 0 spiro atoms. The normalized spacial score (nSPS) is 13.5. The van der Waals surface area contributed by atoms with E-state index in [2.05, 4.69) is 0 Å². The molecule has 0 atom stereocenters. The van der Waals surface area contributed by atoms with Gasteiger partial charge in [0.1, 0.15) is 5.75 Å². The second-order valence-corrected chi connectivity index (χ2v) is 5.08. The predicted molar refractivity (Wildman–Crippen MR) is 75.1 cm³/mol. The summed E-state index contributed by atoms with van der Waals surface area (Å²) in [5.41, 5.74) is 1.35. The zero-order valence-corrected chi connectivity index (χ0v) is 11.4. The standard InChI is InChI=1S/C16H12ClFO2/c17-13-8-2-6-11(14(13)18)15(19)12-7-1-4-10-5-3-9-20-16(10)12/h1-2,4,6-8H,3,5,9H2. The Morgan fingerprint density at radius 2 is 1.90 bits per heavy atom. The van der Waals surface area contributed by atoms with Crippen LogP contribution < -0.4 is 4.74 Å². The van der Waals surface area contributed by atoms with Gasteiger partial charge in [-0.25, -0.2) is 4.39 Å². The van der Waals surface area contributed by atoms with Gasteiger partial charge >= 0.3 is 0 Å². The summed E-state index contributed by atoms with van der Waals surface area (Å²) in [5.74, 6) is -0.514. The van der Waals surface area contributed by atoms with Gasteiger partial charge in [-0.05, 0) is 36.6 Å². The second-order valence-electron chi connectivity index (χ2n) is 4.68. The van der Waals surface area contributed by atoms with E-state index in [9.17, 15) is 9.18 Å². The summed E-state index contributed by atoms with van der Waals surface area (Å²) in [5, 5.41) is -0.0541. The van der Waals surface area contributed by atoms with Crippen molar-refractivity contribution in [1.29, 1.82) is 0 Å². The number of ether oxygens (including phenoxy) is 1. The maximum absolute atomic E-state index is 14.0. The van der Waals surface area contributed by atoms with Crippen molar-refractivity contribution >= 4 is 17.4 Å². The fourth-order valence-corrected chi connectivity index (χ4v) is 2.57. The van der Waals surface area contributed by atoms with Gasteiger partial charge < -0.3 is 4.74 Å². The molecule has 0 saturated carbocycles. The third-order valence-electron chi connectivity index (χ3n) is 3.37. The van der Waals surface area contributed by atoms with Crippen LogP contribution in [-0.4, -0.2) is 12.4 Å². The molecule has 0 aromatic heterocycles. The number of para-hydroxylation sites is 1. The van der Waals surface area contributed by atoms with Crippen LogP contribution in [0.2, 0.25) is 5.02 Å². The highest BCUT2D eigenvalue weighted by Gasteiger charge is 2.22. The molecule has 0 bridgehead atoms. The number of rotatable bonds is 2. The van der Waals surface area contributed by atoms with E-state index >= 15 is 0 Å². The van der Waals surface area contributed by atoms with E-state index in [0.29, 0.717) is 17.9 Å². The van der Waals surface area contributed by atoms with Crippen molar-refractivity contribution in [3.8, 4) is 5.75 Å². The lowest BCUT2D eigenvalue weighted by atomic mass is 9.96. The van der Waals surface area contributed by atoms with E-state index in [1.807, 2.05) is 6.07 Å². The second kappa shape index (κ2) is 5.25. The van der Waals surface area contributed by atoms with Crippen molar-refractivity contribution in [2.24, 2.45) is 0 Å². The molecule has 0 radical (unpaired) electrons. The number of benzene rings is 2. The molecule has 3 rings (SSSR count). The monoisotopic (exact) mass is 290 g/mol. The van der Waals surface area contributed by atoms with E-state index in [1.165, 1.54) is 12.1 Å². The fourth-order valence-electron chi connectivity index (χ4n) is 2.39. The molecule has 0 aliphatic carbocycles. The van der Waals surface area contributed by atoms with Crippen LogP contribution in [-0.2, 0) is 6.42 Å². The molecule has 2 aromatic rings. The van der Waals surface area contributed by atoms with Gasteiger partial charge in [-0.15, -0.1) is 0 Å². The number of hydrogen-bond donors (Lipinski definition) is 0. The van der Waals surface area contributed by atoms with Crippen LogP contribution in [0.15, 0.2) is 36.4 Å². The molecule has 2 nitrogen and oxygen atoms in total. The average Bonchev–Trinajstić information content (AvgIpc) is 2.49. The Balaban J connectivity index is 2.09. The highest BCUT2D eigenvalue weighted by atomic mass is 35.5. The van der Waals surface area contributed by atoms with Gasteiger partial charge in [-0.3, -0.25) is 4.79 Å². The van der Waals surface area contributed by atoms with Gasteiger partial charge in [0.2, 0.25) is 0 Å². The fraction of sp³-hybridized carbons (Fsp3) is 0.188. The van der Waals surface area contributed by atoms with E-state index < -0.39 is 11.6 Å². The maximum atomic E-state index is 14.0. The first-order valence-corrected chi connectivity index (χ1v) is 6.79. The first-order chi connectivity index (χ1) is 9.68. The Kier molecular flexibility index (Phi) is 3.45. The van der Waals surface area contributed by atoms with Crippen molar-refractivity contribution in [2.75, 3.05) is 6.61 Å². The minimum atomic E-state index is -0.687. The predicted octanol–water partition coefficient (Wildman–Crippen LogP) is 4.04. The molecule has 0 N–H and O–H groups in total. The third kappa shape index (κ3) is 2.18. The summed E-state index contributed by atoms with van der Waals surface area (Å²) in [6.07, 6.45) is 1.80. The van der Waals surface area contributed by atoms with Crippen molar-refractivity contribution in [1.82, 2.24) is 0 Å². The van der Waals surface area contributed by atoms with Crippen molar-refractivity contribution in [2.45, 2.75) is 12.8 Å². The number of hydrogen-bond acceptors (Lipinski definition) is 2. The summed E-state index contributed by atoms with van der Waals surface area (Å²) >= 11 is 5.73. The zero-order valence-electron chi connectivity index (χ0n) is 10.7. The Labute approximate surface area is 121 Å². The molecule has 20 heavy (non-hydrogen) atoms. The van der Waals surface area contributed by atoms with Gasteiger partial charge in [-0.2, -0.15) is 0 Å². The molecule has 1 aliphatic rings. The smallest absolute Gasteiger partial charge is 0.199 e. The number of halogens is 2. The van der Waals surface area contributed by atoms with E-state index in [1.54, 1.807) is 18.2 Å². The third-order valence-corrected chi connectivity index (χ3v) is 3.67. The van der Waals surface area contributed by atoms with Gasteiger partial charge in [0.05, 0.1) is 22.8 Å². The number of ketones is 1. The Hall–Kier alpha value is -1.87. The van der Waals surface area contributed by atoms with Crippen molar-refractivity contribution in [3.05, 3.63) is 63.9 Å². The van der Waals surface area contributed by atoms with Crippen LogP contribution in [0.1, 0.15) is 27.9 Å². The van der Waals surface area contributed by atoms with E-state index in [0.717, 1.165) is 18.4 Å². The summed E-state index contributed by atoms with van der Waals surface area (Å²) < 4.78 is 19.6. The molecular weight excluding hydrogens is 279 g/mol. The molecule has 0 fully saturated rings. The highest BCUT2D eigenvalue weighted by molar-refractivity contribution is 6.31. The average molecular weight is 291 g/mol. The van der Waals surface area contributed by atoms with Crippen LogP contribution in [0.4, 0.5) is 4.39 Å². The topological polar surface area (TPSA) is 26.3 Å². The Bertz CT molecular complexity index is 682. The SMILES string of the molecule is O=C(c1cccc(Cl)c1F)c1cccc2c1OCCC2. The molecular formula is C16H12ClFO2. The Morgan fingerprint density at radius 1 is 1.15 bits per heavy atom. The Morgan fingerprint density at radius 3 is 2.75 bits per heavy atom. The summed E-state index contributed by atoms with van der Waals surface area (Å²) in [6.45, 7) is 0.579. The molecule has 2 aromatic carbocycles. The number of carbonyl (C=O) groups excluding carboxylic acids is 1. The first kappa shape index (κ1) is 13.1. The number of carbonyl (C=O) groups is 1. The molecule has 4 heteroatoms. The minimum Gasteiger partial charge on any atom is -0.493 e. The summed E-state index contributed by atoms with van der Waals surface area (Å²) in [4.78, 5) is 12.5. The van der Waals surface area contributed by atoms with Crippen molar-refractivity contribution < 1.29 is 13.9 Å². The van der Waals surface area contributed by atoms with Crippen LogP contribution in [0, 0.1) is 5.82 Å². The maximum Gasteiger partial charge on any atom is 0.199 e. The molecule has 0 unspecified atom stereocenters.